The first-order valence-corrected chi connectivity index (χ1v) is 6.96. The maximum Gasteiger partial charge on any atom is 0.321 e. The minimum Gasteiger partial charge on any atom is -0.465 e. The largest absolute Gasteiger partial charge is 0.465 e. The molecule has 0 spiro atoms. The summed E-state index contributed by atoms with van der Waals surface area (Å²) in [5, 5.41) is 0. The molecule has 1 aromatic rings. The lowest BCUT2D eigenvalue weighted by molar-refractivity contribution is -0.139. The Bertz CT molecular complexity index is 496. The van der Waals surface area contributed by atoms with Crippen LogP contribution in [-0.2, 0) is 25.1 Å². The number of anilines is 1. The highest BCUT2D eigenvalue weighted by molar-refractivity contribution is 7.91. The predicted molar refractivity (Wildman–Crippen MR) is 65.0 cm³/mol. The predicted octanol–water partition coefficient (Wildman–Crippen LogP) is 0.747. The van der Waals surface area contributed by atoms with Crippen LogP contribution >= 0.6 is 0 Å². The van der Waals surface area contributed by atoms with E-state index in [1.807, 2.05) is 0 Å². The summed E-state index contributed by atoms with van der Waals surface area (Å²) in [4.78, 5) is 11.1. The number of nitrogen functional groups attached to an aromatic ring is 1. The Morgan fingerprint density at radius 2 is 2.00 bits per heavy atom. The van der Waals surface area contributed by atoms with Crippen LogP contribution in [0.4, 0.5) is 5.69 Å². The molecular formula is C11H15NO4S. The summed E-state index contributed by atoms with van der Waals surface area (Å²) >= 11 is 0. The second-order valence-corrected chi connectivity index (χ2v) is 5.60. The summed E-state index contributed by atoms with van der Waals surface area (Å²) in [6.07, 6.45) is 0. The summed E-state index contributed by atoms with van der Waals surface area (Å²) in [6, 6.07) is 6.66. The maximum absolute atomic E-state index is 11.7. The van der Waals surface area contributed by atoms with E-state index in [9.17, 15) is 13.2 Å². The average Bonchev–Trinajstić information content (AvgIpc) is 2.20. The molecule has 0 aromatic heterocycles. The third-order valence-electron chi connectivity index (χ3n) is 2.07. The van der Waals surface area contributed by atoms with Crippen molar-refractivity contribution in [3.05, 3.63) is 29.8 Å². The van der Waals surface area contributed by atoms with Gasteiger partial charge in [0.25, 0.3) is 0 Å². The Morgan fingerprint density at radius 3 is 2.59 bits per heavy atom. The highest BCUT2D eigenvalue weighted by atomic mass is 32.2. The zero-order valence-corrected chi connectivity index (χ0v) is 10.4. The molecule has 0 amide bonds. The number of hydrogen-bond acceptors (Lipinski definition) is 5. The normalized spacial score (nSPS) is 11.1. The SMILES string of the molecule is CCOC(=O)CS(=O)(=O)Cc1ccccc1N. The molecule has 0 aliphatic heterocycles. The van der Waals surface area contributed by atoms with E-state index in [1.54, 1.807) is 31.2 Å². The van der Waals surface area contributed by atoms with Crippen molar-refractivity contribution in [1.82, 2.24) is 0 Å². The molecular weight excluding hydrogens is 242 g/mol. The zero-order chi connectivity index (χ0) is 12.9. The fraction of sp³-hybridized carbons (Fsp3) is 0.364. The Balaban J connectivity index is 2.74. The lowest BCUT2D eigenvalue weighted by atomic mass is 10.2. The molecule has 0 atom stereocenters. The van der Waals surface area contributed by atoms with Crippen LogP contribution in [-0.4, -0.2) is 26.7 Å². The third kappa shape index (κ3) is 4.44. The number of carbonyl (C=O) groups excluding carboxylic acids is 1. The zero-order valence-electron chi connectivity index (χ0n) is 9.55. The molecule has 0 saturated heterocycles. The van der Waals surface area contributed by atoms with E-state index in [0.717, 1.165) is 0 Å². The summed E-state index contributed by atoms with van der Waals surface area (Å²) in [7, 11) is -3.53. The first-order valence-electron chi connectivity index (χ1n) is 5.14. The first kappa shape index (κ1) is 13.5. The molecule has 1 aromatic carbocycles. The van der Waals surface area contributed by atoms with Gasteiger partial charge in [-0.3, -0.25) is 4.79 Å². The molecule has 0 radical (unpaired) electrons. The highest BCUT2D eigenvalue weighted by Crippen LogP contribution is 2.14. The van der Waals surface area contributed by atoms with Crippen LogP contribution in [0.15, 0.2) is 24.3 Å². The van der Waals surface area contributed by atoms with Crippen molar-refractivity contribution < 1.29 is 17.9 Å². The number of benzene rings is 1. The van der Waals surface area contributed by atoms with Crippen LogP contribution in [0, 0.1) is 0 Å². The van der Waals surface area contributed by atoms with E-state index in [2.05, 4.69) is 4.74 Å². The van der Waals surface area contributed by atoms with E-state index < -0.39 is 21.6 Å². The fourth-order valence-electron chi connectivity index (χ4n) is 1.34. The molecule has 2 N–H and O–H groups in total. The van der Waals surface area contributed by atoms with Crippen LogP contribution in [0.1, 0.15) is 12.5 Å². The molecule has 0 aliphatic carbocycles. The number of ether oxygens (including phenoxy) is 1. The van der Waals surface area contributed by atoms with Crippen molar-refractivity contribution in [3.8, 4) is 0 Å². The van der Waals surface area contributed by atoms with E-state index >= 15 is 0 Å². The minimum atomic E-state index is -3.53. The molecule has 0 bridgehead atoms. The smallest absolute Gasteiger partial charge is 0.321 e. The molecule has 1 rings (SSSR count). The Kier molecular flexibility index (Phi) is 4.51. The number of rotatable bonds is 5. The number of nitrogens with two attached hydrogens (primary N) is 1. The van der Waals surface area contributed by atoms with Crippen molar-refractivity contribution >= 4 is 21.5 Å². The van der Waals surface area contributed by atoms with Crippen LogP contribution in [0.2, 0.25) is 0 Å². The third-order valence-corrected chi connectivity index (χ3v) is 3.50. The summed E-state index contributed by atoms with van der Waals surface area (Å²) in [6.45, 7) is 1.79. The molecule has 0 saturated carbocycles. The van der Waals surface area contributed by atoms with Gasteiger partial charge in [-0.25, -0.2) is 8.42 Å². The molecule has 0 unspecified atom stereocenters. The molecule has 5 nitrogen and oxygen atoms in total. The summed E-state index contributed by atoms with van der Waals surface area (Å²) in [5.41, 5.74) is 6.54. The van der Waals surface area contributed by atoms with Gasteiger partial charge in [0.15, 0.2) is 9.84 Å². The molecule has 94 valence electrons. The molecule has 0 heterocycles. The van der Waals surface area contributed by atoms with Crippen LogP contribution in [0.3, 0.4) is 0 Å². The van der Waals surface area contributed by atoms with Crippen LogP contribution in [0.25, 0.3) is 0 Å². The van der Waals surface area contributed by atoms with E-state index in [4.69, 9.17) is 5.73 Å². The minimum absolute atomic E-state index is 0.168. The van der Waals surface area contributed by atoms with E-state index in [-0.39, 0.29) is 12.4 Å². The number of hydrogen-bond donors (Lipinski definition) is 1. The molecule has 17 heavy (non-hydrogen) atoms. The number of carbonyl (C=O) groups is 1. The van der Waals surface area contributed by atoms with Gasteiger partial charge in [0.1, 0.15) is 5.75 Å². The van der Waals surface area contributed by atoms with Crippen molar-refractivity contribution in [2.24, 2.45) is 0 Å². The Morgan fingerprint density at radius 1 is 1.35 bits per heavy atom. The van der Waals surface area contributed by atoms with Gasteiger partial charge in [0, 0.05) is 5.69 Å². The lowest BCUT2D eigenvalue weighted by Crippen LogP contribution is -2.20. The topological polar surface area (TPSA) is 86.5 Å². The summed E-state index contributed by atoms with van der Waals surface area (Å²) < 4.78 is 28.0. The van der Waals surface area contributed by atoms with E-state index in [1.165, 1.54) is 0 Å². The summed E-state index contributed by atoms with van der Waals surface area (Å²) in [5.74, 6) is -1.60. The standard InChI is InChI=1S/C11H15NO4S/c1-2-16-11(13)8-17(14,15)7-9-5-3-4-6-10(9)12/h3-6H,2,7-8,12H2,1H3. The van der Waals surface area contributed by atoms with Gasteiger partial charge >= 0.3 is 5.97 Å². The highest BCUT2D eigenvalue weighted by Gasteiger charge is 2.19. The van der Waals surface area contributed by atoms with Gasteiger partial charge in [-0.1, -0.05) is 18.2 Å². The van der Waals surface area contributed by atoms with Gasteiger partial charge in [0.05, 0.1) is 12.4 Å². The number of para-hydroxylation sites is 1. The van der Waals surface area contributed by atoms with E-state index in [0.29, 0.717) is 11.3 Å². The van der Waals surface area contributed by atoms with Gasteiger partial charge in [-0.2, -0.15) is 0 Å². The lowest BCUT2D eigenvalue weighted by Gasteiger charge is -2.06. The average molecular weight is 257 g/mol. The van der Waals surface area contributed by atoms with Crippen molar-refractivity contribution in [3.63, 3.8) is 0 Å². The van der Waals surface area contributed by atoms with Gasteiger partial charge < -0.3 is 10.5 Å². The molecule has 0 fully saturated rings. The van der Waals surface area contributed by atoms with Crippen molar-refractivity contribution in [2.75, 3.05) is 18.1 Å². The van der Waals surface area contributed by atoms with Crippen molar-refractivity contribution in [1.29, 1.82) is 0 Å². The van der Waals surface area contributed by atoms with Crippen LogP contribution in [0.5, 0.6) is 0 Å². The Labute approximate surface area is 100 Å². The van der Waals surface area contributed by atoms with Gasteiger partial charge in [0.2, 0.25) is 0 Å². The van der Waals surface area contributed by atoms with Crippen molar-refractivity contribution in [2.45, 2.75) is 12.7 Å². The number of sulfone groups is 1. The fourth-order valence-corrected chi connectivity index (χ4v) is 2.62. The maximum atomic E-state index is 11.7. The second-order valence-electron chi connectivity index (χ2n) is 3.54. The van der Waals surface area contributed by atoms with Crippen LogP contribution < -0.4 is 5.73 Å². The van der Waals surface area contributed by atoms with Gasteiger partial charge in [-0.15, -0.1) is 0 Å². The van der Waals surface area contributed by atoms with Gasteiger partial charge in [-0.05, 0) is 18.6 Å². The molecule has 0 aliphatic rings. The quantitative estimate of drug-likeness (QED) is 0.621. The Hall–Kier alpha value is -1.56. The number of esters is 1. The molecule has 6 heteroatoms. The second kappa shape index (κ2) is 5.67. The first-order chi connectivity index (χ1) is 7.94. The monoisotopic (exact) mass is 257 g/mol.